The van der Waals surface area contributed by atoms with Gasteiger partial charge in [0.05, 0.1) is 0 Å². The molecule has 0 aromatic carbocycles. The Morgan fingerprint density at radius 1 is 1.44 bits per heavy atom. The van der Waals surface area contributed by atoms with Crippen molar-refractivity contribution in [3.63, 3.8) is 0 Å². The number of amides is 3. The molecular formula is C12H24N4O2. The summed E-state index contributed by atoms with van der Waals surface area (Å²) in [5.74, 6) is -0.308. The van der Waals surface area contributed by atoms with Crippen molar-refractivity contribution >= 4 is 11.9 Å². The zero-order valence-electron chi connectivity index (χ0n) is 11.1. The molecule has 1 fully saturated rings. The van der Waals surface area contributed by atoms with Crippen LogP contribution < -0.4 is 16.4 Å². The van der Waals surface area contributed by atoms with Gasteiger partial charge in [0.25, 0.3) is 0 Å². The molecule has 0 aromatic heterocycles. The first-order chi connectivity index (χ1) is 8.61. The third-order valence-electron chi connectivity index (χ3n) is 3.26. The maximum atomic E-state index is 11.3. The minimum atomic E-state index is -0.781. The predicted molar refractivity (Wildman–Crippen MR) is 70.1 cm³/mol. The molecule has 0 aromatic rings. The van der Waals surface area contributed by atoms with E-state index in [2.05, 4.69) is 22.5 Å². The van der Waals surface area contributed by atoms with Gasteiger partial charge in [-0.2, -0.15) is 0 Å². The van der Waals surface area contributed by atoms with Gasteiger partial charge in [-0.15, -0.1) is 0 Å². The van der Waals surface area contributed by atoms with E-state index in [0.717, 1.165) is 19.6 Å². The Kier molecular flexibility index (Phi) is 6.67. The zero-order valence-corrected chi connectivity index (χ0v) is 11.1. The van der Waals surface area contributed by atoms with E-state index in [1.807, 2.05) is 0 Å². The number of primary amides is 1. The highest BCUT2D eigenvalue weighted by Crippen LogP contribution is 2.08. The van der Waals surface area contributed by atoms with Gasteiger partial charge in [0.15, 0.2) is 0 Å². The number of nitrogens with two attached hydrogens (primary N) is 1. The van der Waals surface area contributed by atoms with Gasteiger partial charge in [-0.05, 0) is 25.9 Å². The SMILES string of the molecule is CCN(CCC(=O)NC(N)=O)CC1CCCCN1. The Morgan fingerprint density at radius 2 is 2.22 bits per heavy atom. The van der Waals surface area contributed by atoms with Crippen molar-refractivity contribution in [2.45, 2.75) is 38.6 Å². The number of carbonyl (C=O) groups is 2. The summed E-state index contributed by atoms with van der Waals surface area (Å²) in [7, 11) is 0. The Hall–Kier alpha value is -1.14. The molecule has 4 N–H and O–H groups in total. The van der Waals surface area contributed by atoms with Gasteiger partial charge in [-0.1, -0.05) is 13.3 Å². The van der Waals surface area contributed by atoms with E-state index in [4.69, 9.17) is 5.73 Å². The van der Waals surface area contributed by atoms with Gasteiger partial charge in [-0.25, -0.2) is 4.79 Å². The minimum Gasteiger partial charge on any atom is -0.351 e. The highest BCUT2D eigenvalue weighted by molar-refractivity contribution is 5.93. The molecule has 1 atom stereocenters. The van der Waals surface area contributed by atoms with Gasteiger partial charge in [0.1, 0.15) is 0 Å². The third-order valence-corrected chi connectivity index (χ3v) is 3.26. The molecule has 1 aliphatic heterocycles. The van der Waals surface area contributed by atoms with Crippen LogP contribution in [-0.4, -0.2) is 49.1 Å². The van der Waals surface area contributed by atoms with Gasteiger partial charge >= 0.3 is 6.03 Å². The zero-order chi connectivity index (χ0) is 13.4. The quantitative estimate of drug-likeness (QED) is 0.626. The van der Waals surface area contributed by atoms with Crippen molar-refractivity contribution in [2.24, 2.45) is 5.73 Å². The maximum absolute atomic E-state index is 11.3. The average molecular weight is 256 g/mol. The smallest absolute Gasteiger partial charge is 0.318 e. The molecule has 1 unspecified atom stereocenters. The number of piperidine rings is 1. The molecule has 1 aliphatic rings. The maximum Gasteiger partial charge on any atom is 0.318 e. The topological polar surface area (TPSA) is 87.5 Å². The number of imide groups is 1. The molecule has 1 saturated heterocycles. The van der Waals surface area contributed by atoms with Crippen molar-refractivity contribution in [1.29, 1.82) is 0 Å². The second-order valence-corrected chi connectivity index (χ2v) is 4.70. The van der Waals surface area contributed by atoms with E-state index in [0.29, 0.717) is 19.0 Å². The molecule has 0 spiro atoms. The molecule has 1 rings (SSSR count). The lowest BCUT2D eigenvalue weighted by Crippen LogP contribution is -2.45. The Morgan fingerprint density at radius 3 is 2.78 bits per heavy atom. The molecule has 3 amide bonds. The van der Waals surface area contributed by atoms with E-state index in [1.54, 1.807) is 0 Å². The van der Waals surface area contributed by atoms with Crippen LogP contribution in [0.5, 0.6) is 0 Å². The lowest BCUT2D eigenvalue weighted by Gasteiger charge is -2.29. The van der Waals surface area contributed by atoms with E-state index in [-0.39, 0.29) is 5.91 Å². The monoisotopic (exact) mass is 256 g/mol. The van der Waals surface area contributed by atoms with Crippen LogP contribution in [0.1, 0.15) is 32.6 Å². The molecule has 0 radical (unpaired) electrons. The van der Waals surface area contributed by atoms with Gasteiger partial charge < -0.3 is 16.0 Å². The largest absolute Gasteiger partial charge is 0.351 e. The molecule has 0 bridgehead atoms. The van der Waals surface area contributed by atoms with Crippen molar-refractivity contribution in [3.8, 4) is 0 Å². The first-order valence-electron chi connectivity index (χ1n) is 6.66. The minimum absolute atomic E-state index is 0.308. The van der Waals surface area contributed by atoms with Crippen molar-refractivity contribution < 1.29 is 9.59 Å². The molecule has 104 valence electrons. The van der Waals surface area contributed by atoms with Crippen LogP contribution in [0.4, 0.5) is 4.79 Å². The summed E-state index contributed by atoms with van der Waals surface area (Å²) in [6.45, 7) is 5.69. The number of hydrogen-bond acceptors (Lipinski definition) is 4. The standard InChI is InChI=1S/C12H24N4O2/c1-2-16(8-6-11(17)15-12(13)18)9-10-5-3-4-7-14-10/h10,14H,2-9H2,1H3,(H3,13,15,17,18). The van der Waals surface area contributed by atoms with Gasteiger partial charge in [-0.3, -0.25) is 10.1 Å². The van der Waals surface area contributed by atoms with Crippen LogP contribution in [0.15, 0.2) is 0 Å². The summed E-state index contributed by atoms with van der Waals surface area (Å²) in [4.78, 5) is 24.0. The number of nitrogens with zero attached hydrogens (tertiary/aromatic N) is 1. The van der Waals surface area contributed by atoms with Crippen LogP contribution in [0, 0.1) is 0 Å². The van der Waals surface area contributed by atoms with Crippen LogP contribution in [-0.2, 0) is 4.79 Å². The molecule has 0 saturated carbocycles. The van der Waals surface area contributed by atoms with E-state index in [9.17, 15) is 9.59 Å². The lowest BCUT2D eigenvalue weighted by atomic mass is 10.0. The van der Waals surface area contributed by atoms with Crippen LogP contribution >= 0.6 is 0 Å². The number of urea groups is 1. The van der Waals surface area contributed by atoms with Crippen molar-refractivity contribution in [3.05, 3.63) is 0 Å². The summed E-state index contributed by atoms with van der Waals surface area (Å²) in [6.07, 6.45) is 4.04. The van der Waals surface area contributed by atoms with Crippen molar-refractivity contribution in [1.82, 2.24) is 15.5 Å². The number of carbonyl (C=O) groups excluding carboxylic acids is 2. The summed E-state index contributed by atoms with van der Waals surface area (Å²) >= 11 is 0. The summed E-state index contributed by atoms with van der Waals surface area (Å²) in [5.41, 5.74) is 4.89. The van der Waals surface area contributed by atoms with E-state index >= 15 is 0 Å². The highest BCUT2D eigenvalue weighted by atomic mass is 16.2. The fraction of sp³-hybridized carbons (Fsp3) is 0.833. The molecule has 0 aliphatic carbocycles. The normalized spacial score (nSPS) is 19.8. The lowest BCUT2D eigenvalue weighted by molar-refractivity contribution is -0.120. The summed E-state index contributed by atoms with van der Waals surface area (Å²) in [6, 6.07) is -0.255. The summed E-state index contributed by atoms with van der Waals surface area (Å²) < 4.78 is 0. The van der Waals surface area contributed by atoms with Crippen LogP contribution in [0.2, 0.25) is 0 Å². The average Bonchev–Trinajstić information content (AvgIpc) is 2.35. The van der Waals surface area contributed by atoms with Crippen molar-refractivity contribution in [2.75, 3.05) is 26.2 Å². The van der Waals surface area contributed by atoms with Crippen LogP contribution in [0.3, 0.4) is 0 Å². The summed E-state index contributed by atoms with van der Waals surface area (Å²) in [5, 5.41) is 5.57. The highest BCUT2D eigenvalue weighted by Gasteiger charge is 2.16. The first kappa shape index (κ1) is 14.9. The molecule has 6 heteroatoms. The number of likely N-dealkylation sites (N-methyl/N-ethyl adjacent to an activating group) is 1. The van der Waals surface area contributed by atoms with Gasteiger partial charge in [0.2, 0.25) is 5.91 Å². The van der Waals surface area contributed by atoms with Crippen LogP contribution in [0.25, 0.3) is 0 Å². The fourth-order valence-electron chi connectivity index (χ4n) is 2.23. The predicted octanol–water partition coefficient (Wildman–Crippen LogP) is 0.0354. The second-order valence-electron chi connectivity index (χ2n) is 4.70. The molecular weight excluding hydrogens is 232 g/mol. The van der Waals surface area contributed by atoms with Gasteiger partial charge in [0, 0.05) is 25.6 Å². The number of nitrogens with one attached hydrogen (secondary N) is 2. The Balaban J connectivity index is 2.23. The number of rotatable bonds is 6. The first-order valence-corrected chi connectivity index (χ1v) is 6.66. The molecule has 1 heterocycles. The molecule has 18 heavy (non-hydrogen) atoms. The second kappa shape index (κ2) is 8.05. The van der Waals surface area contributed by atoms with E-state index < -0.39 is 6.03 Å². The van der Waals surface area contributed by atoms with E-state index in [1.165, 1.54) is 19.3 Å². The Bertz CT molecular complexity index is 277. The molecule has 6 nitrogen and oxygen atoms in total. The fourth-order valence-corrected chi connectivity index (χ4v) is 2.23. The number of hydrogen-bond donors (Lipinski definition) is 3. The third kappa shape index (κ3) is 5.97. The Labute approximate surface area is 108 Å².